The first kappa shape index (κ1) is 12.8. The molecule has 2 unspecified atom stereocenters. The summed E-state index contributed by atoms with van der Waals surface area (Å²) in [6, 6.07) is 9.71. The van der Waals surface area contributed by atoms with Gasteiger partial charge in [-0.3, -0.25) is 0 Å². The second-order valence-electron chi connectivity index (χ2n) is 4.07. The zero-order chi connectivity index (χ0) is 11.8. The van der Waals surface area contributed by atoms with Gasteiger partial charge < -0.3 is 5.11 Å². The van der Waals surface area contributed by atoms with E-state index >= 15 is 0 Å². The molecule has 1 heteroatoms. The molecular formula is C15H20O. The van der Waals surface area contributed by atoms with Crippen LogP contribution in [0.2, 0.25) is 0 Å². The van der Waals surface area contributed by atoms with Crippen molar-refractivity contribution in [1.82, 2.24) is 0 Å². The molecule has 0 aliphatic heterocycles. The van der Waals surface area contributed by atoms with E-state index in [4.69, 9.17) is 0 Å². The highest BCUT2D eigenvalue weighted by Crippen LogP contribution is 2.20. The van der Waals surface area contributed by atoms with E-state index in [9.17, 15) is 5.11 Å². The fourth-order valence-corrected chi connectivity index (χ4v) is 1.52. The number of rotatable bonds is 4. The van der Waals surface area contributed by atoms with Crippen LogP contribution in [0.25, 0.3) is 0 Å². The summed E-state index contributed by atoms with van der Waals surface area (Å²) in [6.07, 6.45) is 2.77. The number of aliphatic hydroxyl groups is 1. The van der Waals surface area contributed by atoms with E-state index in [0.29, 0.717) is 0 Å². The van der Waals surface area contributed by atoms with Gasteiger partial charge in [0.1, 0.15) is 0 Å². The molecule has 2 atom stereocenters. The Hall–Kier alpha value is -1.26. The van der Waals surface area contributed by atoms with Crippen molar-refractivity contribution in [3.8, 4) is 11.8 Å². The molecule has 0 saturated heterocycles. The Labute approximate surface area is 98.5 Å². The van der Waals surface area contributed by atoms with Gasteiger partial charge in [0.15, 0.2) is 0 Å². The van der Waals surface area contributed by atoms with Crippen molar-refractivity contribution < 1.29 is 5.11 Å². The van der Waals surface area contributed by atoms with Gasteiger partial charge in [-0.15, -0.1) is 5.92 Å². The molecule has 1 N–H and O–H groups in total. The number of unbranched alkanes of at least 4 members (excludes halogenated alkanes) is 2. The molecule has 0 bridgehead atoms. The number of aliphatic hydroxyl groups excluding tert-OH is 1. The molecule has 0 spiro atoms. The largest absolute Gasteiger partial charge is 0.387 e. The molecule has 86 valence electrons. The molecule has 0 aliphatic rings. The average Bonchev–Trinajstić information content (AvgIpc) is 2.34. The quantitative estimate of drug-likeness (QED) is 0.603. The Balaban J connectivity index is 2.53. The summed E-state index contributed by atoms with van der Waals surface area (Å²) in [7, 11) is 0. The Morgan fingerprint density at radius 3 is 2.56 bits per heavy atom. The summed E-state index contributed by atoms with van der Waals surface area (Å²) >= 11 is 0. The molecule has 1 nitrogen and oxygen atoms in total. The smallest absolute Gasteiger partial charge is 0.0924 e. The van der Waals surface area contributed by atoms with Crippen LogP contribution in [-0.2, 0) is 0 Å². The Bertz CT molecular complexity index is 345. The molecule has 0 amide bonds. The number of benzene rings is 1. The Morgan fingerprint density at radius 2 is 1.94 bits per heavy atom. The van der Waals surface area contributed by atoms with Crippen molar-refractivity contribution in [3.05, 3.63) is 35.9 Å². The van der Waals surface area contributed by atoms with Crippen molar-refractivity contribution in [2.75, 3.05) is 0 Å². The predicted molar refractivity (Wildman–Crippen MR) is 67.9 cm³/mol. The highest BCUT2D eigenvalue weighted by molar-refractivity contribution is 5.20. The summed E-state index contributed by atoms with van der Waals surface area (Å²) in [5.74, 6) is 6.24. The van der Waals surface area contributed by atoms with Crippen LogP contribution in [0.4, 0.5) is 0 Å². The lowest BCUT2D eigenvalue weighted by molar-refractivity contribution is 0.143. The maximum Gasteiger partial charge on any atom is 0.0924 e. The minimum absolute atomic E-state index is 0.000689. The lowest BCUT2D eigenvalue weighted by Gasteiger charge is -2.13. The predicted octanol–water partition coefficient (Wildman–Crippen LogP) is 3.55. The van der Waals surface area contributed by atoms with Gasteiger partial charge in [-0.2, -0.15) is 0 Å². The molecule has 0 saturated carbocycles. The highest BCUT2D eigenvalue weighted by Gasteiger charge is 2.13. The molecule has 0 aromatic heterocycles. The van der Waals surface area contributed by atoms with Crippen LogP contribution in [0.1, 0.15) is 44.8 Å². The van der Waals surface area contributed by atoms with E-state index in [0.717, 1.165) is 18.4 Å². The third-order valence-electron chi connectivity index (χ3n) is 2.60. The maximum atomic E-state index is 10.0. The van der Waals surface area contributed by atoms with Gasteiger partial charge >= 0.3 is 0 Å². The zero-order valence-electron chi connectivity index (χ0n) is 10.1. The van der Waals surface area contributed by atoms with Crippen LogP contribution in [0.3, 0.4) is 0 Å². The SMILES string of the molecule is CCCCC#CC(C)C(O)c1ccccc1. The van der Waals surface area contributed by atoms with Crippen molar-refractivity contribution in [2.45, 2.75) is 39.2 Å². The molecule has 0 fully saturated rings. The van der Waals surface area contributed by atoms with E-state index in [1.165, 1.54) is 6.42 Å². The first-order valence-corrected chi connectivity index (χ1v) is 5.97. The topological polar surface area (TPSA) is 20.2 Å². The van der Waals surface area contributed by atoms with Gasteiger partial charge in [0.05, 0.1) is 6.10 Å². The van der Waals surface area contributed by atoms with Gasteiger partial charge in [-0.05, 0) is 18.9 Å². The summed E-state index contributed by atoms with van der Waals surface area (Å²) in [5.41, 5.74) is 0.944. The Kier molecular flexibility index (Phi) is 5.67. The van der Waals surface area contributed by atoms with E-state index in [1.54, 1.807) is 0 Å². The van der Waals surface area contributed by atoms with Crippen molar-refractivity contribution in [3.63, 3.8) is 0 Å². The fourth-order valence-electron chi connectivity index (χ4n) is 1.52. The number of hydrogen-bond acceptors (Lipinski definition) is 1. The minimum Gasteiger partial charge on any atom is -0.387 e. The monoisotopic (exact) mass is 216 g/mol. The molecular weight excluding hydrogens is 196 g/mol. The lowest BCUT2D eigenvalue weighted by atomic mass is 9.98. The van der Waals surface area contributed by atoms with E-state index in [2.05, 4.69) is 18.8 Å². The van der Waals surface area contributed by atoms with Crippen molar-refractivity contribution >= 4 is 0 Å². The van der Waals surface area contributed by atoms with Crippen LogP contribution in [0.5, 0.6) is 0 Å². The van der Waals surface area contributed by atoms with Crippen molar-refractivity contribution in [1.29, 1.82) is 0 Å². The third-order valence-corrected chi connectivity index (χ3v) is 2.60. The van der Waals surface area contributed by atoms with E-state index in [1.807, 2.05) is 37.3 Å². The van der Waals surface area contributed by atoms with Crippen LogP contribution < -0.4 is 0 Å². The maximum absolute atomic E-state index is 10.0. The minimum atomic E-state index is -0.477. The first-order chi connectivity index (χ1) is 7.75. The normalized spacial score (nSPS) is 13.7. The summed E-state index contributed by atoms with van der Waals surface area (Å²) in [4.78, 5) is 0. The molecule has 0 radical (unpaired) electrons. The van der Waals surface area contributed by atoms with Crippen LogP contribution in [0, 0.1) is 17.8 Å². The zero-order valence-corrected chi connectivity index (χ0v) is 10.1. The molecule has 1 aromatic rings. The van der Waals surface area contributed by atoms with Gasteiger partial charge in [0.25, 0.3) is 0 Å². The summed E-state index contributed by atoms with van der Waals surface area (Å²) in [6.45, 7) is 4.13. The highest BCUT2D eigenvalue weighted by atomic mass is 16.3. The van der Waals surface area contributed by atoms with E-state index in [-0.39, 0.29) is 5.92 Å². The lowest BCUT2D eigenvalue weighted by Crippen LogP contribution is -2.06. The first-order valence-electron chi connectivity index (χ1n) is 5.97. The van der Waals surface area contributed by atoms with Gasteiger partial charge in [0.2, 0.25) is 0 Å². The van der Waals surface area contributed by atoms with Gasteiger partial charge in [0, 0.05) is 12.3 Å². The second-order valence-corrected chi connectivity index (χ2v) is 4.07. The fraction of sp³-hybridized carbons (Fsp3) is 0.467. The Morgan fingerprint density at radius 1 is 1.25 bits per heavy atom. The third kappa shape index (κ3) is 4.08. The van der Waals surface area contributed by atoms with E-state index < -0.39 is 6.10 Å². The average molecular weight is 216 g/mol. The second kappa shape index (κ2) is 7.09. The van der Waals surface area contributed by atoms with Crippen LogP contribution in [-0.4, -0.2) is 5.11 Å². The van der Waals surface area contributed by atoms with Gasteiger partial charge in [-0.1, -0.05) is 49.6 Å². The molecule has 1 aromatic carbocycles. The standard InChI is InChI=1S/C15H20O/c1-3-4-5-7-10-13(2)15(16)14-11-8-6-9-12-14/h6,8-9,11-13,15-16H,3-5H2,1-2H3. The molecule has 0 heterocycles. The van der Waals surface area contributed by atoms with Crippen LogP contribution >= 0.6 is 0 Å². The summed E-state index contributed by atoms with van der Waals surface area (Å²) in [5, 5.41) is 10.0. The van der Waals surface area contributed by atoms with Crippen LogP contribution in [0.15, 0.2) is 30.3 Å². The van der Waals surface area contributed by atoms with Gasteiger partial charge in [-0.25, -0.2) is 0 Å². The molecule has 1 rings (SSSR count). The molecule has 0 aliphatic carbocycles. The summed E-state index contributed by atoms with van der Waals surface area (Å²) < 4.78 is 0. The molecule has 16 heavy (non-hydrogen) atoms. The number of hydrogen-bond donors (Lipinski definition) is 1. The van der Waals surface area contributed by atoms with Crippen molar-refractivity contribution in [2.24, 2.45) is 5.92 Å².